The summed E-state index contributed by atoms with van der Waals surface area (Å²) in [6, 6.07) is 6.82. The molecule has 5 heteroatoms. The number of hydrogen-bond donors (Lipinski definition) is 1. The van der Waals surface area contributed by atoms with Gasteiger partial charge in [-0.3, -0.25) is 9.52 Å². The second kappa shape index (κ2) is 5.44. The zero-order chi connectivity index (χ0) is 15.0. The molecular formula is C16H21NO3S. The van der Waals surface area contributed by atoms with Crippen LogP contribution in [0, 0.1) is 17.8 Å². The van der Waals surface area contributed by atoms with Crippen LogP contribution in [0.5, 0.6) is 0 Å². The number of carbonyl (C=O) groups is 1. The van der Waals surface area contributed by atoms with Gasteiger partial charge in [-0.2, -0.15) is 0 Å². The van der Waals surface area contributed by atoms with Gasteiger partial charge in [0.25, 0.3) is 0 Å². The van der Waals surface area contributed by atoms with Crippen LogP contribution in [-0.4, -0.2) is 20.0 Å². The molecule has 3 atom stereocenters. The molecule has 3 rings (SSSR count). The van der Waals surface area contributed by atoms with Gasteiger partial charge in [0.05, 0.1) is 5.75 Å². The van der Waals surface area contributed by atoms with Crippen LogP contribution < -0.4 is 4.72 Å². The van der Waals surface area contributed by atoms with Crippen LogP contribution in [-0.2, 0) is 10.0 Å². The minimum atomic E-state index is -3.26. The monoisotopic (exact) mass is 307 g/mol. The van der Waals surface area contributed by atoms with Gasteiger partial charge in [-0.25, -0.2) is 8.42 Å². The van der Waals surface area contributed by atoms with Crippen molar-refractivity contribution >= 4 is 21.5 Å². The third kappa shape index (κ3) is 2.98. The molecule has 0 saturated heterocycles. The summed E-state index contributed by atoms with van der Waals surface area (Å²) in [5.74, 6) is 1.77. The van der Waals surface area contributed by atoms with E-state index < -0.39 is 10.0 Å². The van der Waals surface area contributed by atoms with Crippen LogP contribution in [0.3, 0.4) is 0 Å². The Labute approximate surface area is 126 Å². The highest BCUT2D eigenvalue weighted by molar-refractivity contribution is 7.92. The Balaban J connectivity index is 1.71. The van der Waals surface area contributed by atoms with E-state index in [1.165, 1.54) is 19.3 Å². The van der Waals surface area contributed by atoms with Gasteiger partial charge in [0.2, 0.25) is 10.0 Å². The second-order valence-corrected chi connectivity index (χ2v) is 8.24. The van der Waals surface area contributed by atoms with Crippen molar-refractivity contribution < 1.29 is 13.2 Å². The summed E-state index contributed by atoms with van der Waals surface area (Å²) in [5.41, 5.74) is 1.22. The largest absolute Gasteiger partial charge is 0.294 e. The summed E-state index contributed by atoms with van der Waals surface area (Å²) in [4.78, 5) is 12.6. The summed E-state index contributed by atoms with van der Waals surface area (Å²) in [6.07, 6.45) is 4.72. The molecule has 1 aromatic carbocycles. The highest BCUT2D eigenvalue weighted by atomic mass is 32.2. The molecule has 1 N–H and O–H groups in total. The number of rotatable bonds is 5. The number of fused-ring (bicyclic) bond motifs is 2. The van der Waals surface area contributed by atoms with E-state index in [-0.39, 0.29) is 17.5 Å². The van der Waals surface area contributed by atoms with Crippen LogP contribution in [0.2, 0.25) is 0 Å². The lowest BCUT2D eigenvalue weighted by molar-refractivity contribution is 0.0875. The van der Waals surface area contributed by atoms with Crippen LogP contribution in [0.1, 0.15) is 43.0 Å². The highest BCUT2D eigenvalue weighted by Crippen LogP contribution is 2.49. The van der Waals surface area contributed by atoms with Crippen molar-refractivity contribution in [2.75, 3.05) is 10.5 Å². The van der Waals surface area contributed by atoms with Crippen LogP contribution in [0.4, 0.5) is 5.69 Å². The van der Waals surface area contributed by atoms with Crippen LogP contribution in [0.15, 0.2) is 24.3 Å². The van der Waals surface area contributed by atoms with Crippen molar-refractivity contribution in [2.45, 2.75) is 32.6 Å². The summed E-state index contributed by atoms with van der Waals surface area (Å²) < 4.78 is 25.5. The minimum Gasteiger partial charge on any atom is -0.294 e. The topological polar surface area (TPSA) is 63.2 Å². The Bertz CT molecular complexity index is 636. The van der Waals surface area contributed by atoms with Crippen molar-refractivity contribution in [3.05, 3.63) is 29.8 Å². The molecule has 0 aromatic heterocycles. The molecule has 0 amide bonds. The van der Waals surface area contributed by atoms with Gasteiger partial charge in [0, 0.05) is 17.2 Å². The van der Waals surface area contributed by atoms with E-state index in [4.69, 9.17) is 0 Å². The summed E-state index contributed by atoms with van der Waals surface area (Å²) >= 11 is 0. The first-order valence-electron chi connectivity index (χ1n) is 7.63. The SMILES string of the molecule is CCS(=O)(=O)Nc1ccc(C(=O)C2CC3CCC2C3)cc1. The highest BCUT2D eigenvalue weighted by Gasteiger charge is 2.43. The lowest BCUT2D eigenvalue weighted by Gasteiger charge is -2.20. The fraction of sp³-hybridized carbons (Fsp3) is 0.562. The Morgan fingerprint density at radius 3 is 2.43 bits per heavy atom. The standard InChI is InChI=1S/C16H21NO3S/c1-2-21(19,20)17-14-7-5-12(6-8-14)16(18)15-10-11-3-4-13(15)9-11/h5-8,11,13,15,17H,2-4,9-10H2,1H3. The molecule has 0 aliphatic heterocycles. The van der Waals surface area contributed by atoms with Gasteiger partial charge < -0.3 is 0 Å². The lowest BCUT2D eigenvalue weighted by atomic mass is 9.83. The normalized spacial score (nSPS) is 27.8. The Hall–Kier alpha value is -1.36. The predicted molar refractivity (Wildman–Crippen MR) is 82.8 cm³/mol. The molecule has 114 valence electrons. The molecule has 2 saturated carbocycles. The molecule has 2 fully saturated rings. The molecule has 1 aromatic rings. The molecule has 0 spiro atoms. The molecule has 3 unspecified atom stereocenters. The van der Waals surface area contributed by atoms with Crippen LogP contribution >= 0.6 is 0 Å². The number of nitrogens with one attached hydrogen (secondary N) is 1. The number of benzene rings is 1. The van der Waals surface area contributed by atoms with E-state index in [0.717, 1.165) is 12.3 Å². The molecule has 0 radical (unpaired) electrons. The van der Waals surface area contributed by atoms with Gasteiger partial charge in [-0.15, -0.1) is 0 Å². The van der Waals surface area contributed by atoms with Crippen molar-refractivity contribution in [2.24, 2.45) is 17.8 Å². The van der Waals surface area contributed by atoms with Crippen molar-refractivity contribution in [3.8, 4) is 0 Å². The van der Waals surface area contributed by atoms with E-state index >= 15 is 0 Å². The maximum absolute atomic E-state index is 12.6. The average molecular weight is 307 g/mol. The number of carbonyl (C=O) groups excluding carboxylic acids is 1. The van der Waals surface area contributed by atoms with E-state index in [0.29, 0.717) is 17.2 Å². The number of sulfonamides is 1. The second-order valence-electron chi connectivity index (χ2n) is 6.23. The zero-order valence-corrected chi connectivity index (χ0v) is 13.0. The smallest absolute Gasteiger partial charge is 0.232 e. The fourth-order valence-electron chi connectivity index (χ4n) is 3.73. The van der Waals surface area contributed by atoms with Gasteiger partial charge in [-0.05, 0) is 62.3 Å². The van der Waals surface area contributed by atoms with E-state index in [1.807, 2.05) is 0 Å². The fourth-order valence-corrected chi connectivity index (χ4v) is 4.37. The molecule has 2 aliphatic carbocycles. The number of ketones is 1. The Kier molecular flexibility index (Phi) is 3.78. The molecule has 4 nitrogen and oxygen atoms in total. The third-order valence-electron chi connectivity index (χ3n) is 4.90. The van der Waals surface area contributed by atoms with Gasteiger partial charge in [0.1, 0.15) is 0 Å². The summed E-state index contributed by atoms with van der Waals surface area (Å²) in [5, 5.41) is 0. The molecule has 2 bridgehead atoms. The van der Waals surface area contributed by atoms with E-state index in [9.17, 15) is 13.2 Å². The number of anilines is 1. The first-order valence-corrected chi connectivity index (χ1v) is 9.28. The molecular weight excluding hydrogens is 286 g/mol. The molecule has 0 heterocycles. The number of Topliss-reactive ketones (excluding diaryl/α,β-unsaturated/α-hetero) is 1. The van der Waals surface area contributed by atoms with Crippen molar-refractivity contribution in [1.29, 1.82) is 0 Å². The maximum atomic E-state index is 12.6. The molecule has 21 heavy (non-hydrogen) atoms. The van der Waals surface area contributed by atoms with Crippen LogP contribution in [0.25, 0.3) is 0 Å². The molecule has 2 aliphatic rings. The third-order valence-corrected chi connectivity index (χ3v) is 6.20. The quantitative estimate of drug-likeness (QED) is 0.850. The minimum absolute atomic E-state index is 0.0405. The average Bonchev–Trinajstić information content (AvgIpc) is 3.10. The Morgan fingerprint density at radius 1 is 1.19 bits per heavy atom. The van der Waals surface area contributed by atoms with E-state index in [2.05, 4.69) is 4.72 Å². The Morgan fingerprint density at radius 2 is 1.90 bits per heavy atom. The van der Waals surface area contributed by atoms with Gasteiger partial charge in [-0.1, -0.05) is 6.42 Å². The van der Waals surface area contributed by atoms with Gasteiger partial charge in [0.15, 0.2) is 5.78 Å². The first-order chi connectivity index (χ1) is 9.98. The predicted octanol–water partition coefficient (Wildman–Crippen LogP) is 3.07. The maximum Gasteiger partial charge on any atom is 0.232 e. The van der Waals surface area contributed by atoms with Gasteiger partial charge >= 0.3 is 0 Å². The van der Waals surface area contributed by atoms with E-state index in [1.54, 1.807) is 31.2 Å². The van der Waals surface area contributed by atoms with Crippen molar-refractivity contribution in [3.63, 3.8) is 0 Å². The summed E-state index contributed by atoms with van der Waals surface area (Å²) in [6.45, 7) is 1.59. The summed E-state index contributed by atoms with van der Waals surface area (Å²) in [7, 11) is -3.26. The number of hydrogen-bond acceptors (Lipinski definition) is 3. The zero-order valence-electron chi connectivity index (χ0n) is 12.2. The van der Waals surface area contributed by atoms with Crippen molar-refractivity contribution in [1.82, 2.24) is 0 Å². The first kappa shape index (κ1) is 14.6. The lowest BCUT2D eigenvalue weighted by Crippen LogP contribution is -2.21.